The van der Waals surface area contributed by atoms with E-state index in [0.29, 0.717) is 22.5 Å². The Morgan fingerprint density at radius 3 is 2.76 bits per heavy atom. The summed E-state index contributed by atoms with van der Waals surface area (Å²) in [5.74, 6) is -1.52. The molecule has 0 radical (unpaired) electrons. The zero-order chi connectivity index (χ0) is 15.0. The number of carboxylic acid groups (broad SMARTS) is 1. The second kappa shape index (κ2) is 4.65. The van der Waals surface area contributed by atoms with Gasteiger partial charge in [0.2, 0.25) is 0 Å². The van der Waals surface area contributed by atoms with Crippen molar-refractivity contribution < 1.29 is 15.0 Å². The summed E-state index contributed by atoms with van der Waals surface area (Å²) in [5, 5.41) is 27.8. The van der Waals surface area contributed by atoms with E-state index < -0.39 is 5.97 Å². The van der Waals surface area contributed by atoms with Gasteiger partial charge in [0.1, 0.15) is 17.0 Å². The lowest BCUT2D eigenvalue weighted by Crippen LogP contribution is -1.98. The predicted octanol–water partition coefficient (Wildman–Crippen LogP) is 2.28. The molecule has 0 fully saturated rings. The SMILES string of the molecule is N#Cc1cc(-c2ccc(C(=O)O)c(O)c2)n2ccnc2c1. The fourth-order valence-electron chi connectivity index (χ4n) is 2.18. The van der Waals surface area contributed by atoms with Crippen LogP contribution in [0.3, 0.4) is 0 Å². The van der Waals surface area contributed by atoms with Crippen LogP contribution in [-0.2, 0) is 0 Å². The highest BCUT2D eigenvalue weighted by molar-refractivity contribution is 5.91. The molecule has 6 nitrogen and oxygen atoms in total. The number of nitriles is 1. The first-order valence-electron chi connectivity index (χ1n) is 6.04. The number of carboxylic acids is 1. The monoisotopic (exact) mass is 279 g/mol. The van der Waals surface area contributed by atoms with Gasteiger partial charge in [-0.3, -0.25) is 4.40 Å². The third kappa shape index (κ3) is 2.07. The molecule has 0 aliphatic carbocycles. The van der Waals surface area contributed by atoms with E-state index in [1.54, 1.807) is 35.0 Å². The smallest absolute Gasteiger partial charge is 0.339 e. The zero-order valence-electron chi connectivity index (χ0n) is 10.7. The topological polar surface area (TPSA) is 98.6 Å². The highest BCUT2D eigenvalue weighted by atomic mass is 16.4. The lowest BCUT2D eigenvalue weighted by atomic mass is 10.1. The van der Waals surface area contributed by atoms with E-state index in [-0.39, 0.29) is 11.3 Å². The standard InChI is InChI=1S/C15H9N3O3/c16-8-9-5-12(18-4-3-17-14(18)6-9)10-1-2-11(15(20)21)13(19)7-10/h1-7,19H,(H,20,21). The summed E-state index contributed by atoms with van der Waals surface area (Å²) >= 11 is 0. The summed E-state index contributed by atoms with van der Waals surface area (Å²) in [5.41, 5.74) is 2.11. The fourth-order valence-corrected chi connectivity index (χ4v) is 2.18. The predicted molar refractivity (Wildman–Crippen MR) is 74.0 cm³/mol. The van der Waals surface area contributed by atoms with Crippen molar-refractivity contribution in [3.63, 3.8) is 0 Å². The molecule has 0 spiro atoms. The molecule has 6 heteroatoms. The van der Waals surface area contributed by atoms with E-state index in [9.17, 15) is 9.90 Å². The summed E-state index contributed by atoms with van der Waals surface area (Å²) in [6.45, 7) is 0. The number of aromatic hydroxyl groups is 1. The van der Waals surface area contributed by atoms with Crippen LogP contribution in [0, 0.1) is 11.3 Å². The number of nitrogens with zero attached hydrogens (tertiary/aromatic N) is 3. The Morgan fingerprint density at radius 1 is 1.29 bits per heavy atom. The average molecular weight is 279 g/mol. The molecule has 2 heterocycles. The van der Waals surface area contributed by atoms with Crippen LogP contribution in [0.1, 0.15) is 15.9 Å². The van der Waals surface area contributed by atoms with Crippen molar-refractivity contribution in [3.05, 3.63) is 53.9 Å². The molecule has 3 aromatic rings. The third-order valence-corrected chi connectivity index (χ3v) is 3.16. The van der Waals surface area contributed by atoms with Gasteiger partial charge in [-0.05, 0) is 24.3 Å². The first kappa shape index (κ1) is 12.7. The molecule has 0 atom stereocenters. The number of phenols is 1. The minimum atomic E-state index is -1.20. The molecule has 0 aliphatic rings. The van der Waals surface area contributed by atoms with Crippen LogP contribution < -0.4 is 0 Å². The second-order valence-corrected chi connectivity index (χ2v) is 4.43. The number of aromatic carboxylic acids is 1. The van der Waals surface area contributed by atoms with Crippen molar-refractivity contribution in [1.29, 1.82) is 5.26 Å². The summed E-state index contributed by atoms with van der Waals surface area (Å²) in [4.78, 5) is 15.1. The highest BCUT2D eigenvalue weighted by Crippen LogP contribution is 2.28. The van der Waals surface area contributed by atoms with Gasteiger partial charge in [-0.15, -0.1) is 0 Å². The number of imidazole rings is 1. The quantitative estimate of drug-likeness (QED) is 0.749. The number of aromatic nitrogens is 2. The number of pyridine rings is 1. The first-order valence-corrected chi connectivity index (χ1v) is 6.04. The summed E-state index contributed by atoms with van der Waals surface area (Å²) in [6.07, 6.45) is 3.33. The molecule has 102 valence electrons. The third-order valence-electron chi connectivity index (χ3n) is 3.16. The maximum atomic E-state index is 10.9. The molecule has 2 aromatic heterocycles. The van der Waals surface area contributed by atoms with Gasteiger partial charge < -0.3 is 10.2 Å². The molecule has 0 bridgehead atoms. The lowest BCUT2D eigenvalue weighted by Gasteiger charge is -2.08. The van der Waals surface area contributed by atoms with E-state index in [1.807, 2.05) is 0 Å². The molecule has 3 rings (SSSR count). The first-order chi connectivity index (χ1) is 10.1. The maximum Gasteiger partial charge on any atom is 0.339 e. The van der Waals surface area contributed by atoms with Crippen LogP contribution in [0.2, 0.25) is 0 Å². The number of carbonyl (C=O) groups is 1. The highest BCUT2D eigenvalue weighted by Gasteiger charge is 2.13. The molecule has 0 aliphatic heterocycles. The Morgan fingerprint density at radius 2 is 2.10 bits per heavy atom. The molecule has 21 heavy (non-hydrogen) atoms. The van der Waals surface area contributed by atoms with Gasteiger partial charge in [-0.2, -0.15) is 5.26 Å². The number of fused-ring (bicyclic) bond motifs is 1. The summed E-state index contributed by atoms with van der Waals surface area (Å²) in [6, 6.07) is 9.63. The zero-order valence-corrected chi connectivity index (χ0v) is 10.7. The van der Waals surface area contributed by atoms with Gasteiger partial charge >= 0.3 is 5.97 Å². The van der Waals surface area contributed by atoms with E-state index in [0.717, 1.165) is 0 Å². The van der Waals surface area contributed by atoms with Gasteiger partial charge in [-0.1, -0.05) is 6.07 Å². The van der Waals surface area contributed by atoms with E-state index in [4.69, 9.17) is 10.4 Å². The van der Waals surface area contributed by atoms with E-state index >= 15 is 0 Å². The fraction of sp³-hybridized carbons (Fsp3) is 0. The van der Waals surface area contributed by atoms with Crippen LogP contribution >= 0.6 is 0 Å². The van der Waals surface area contributed by atoms with Gasteiger partial charge in [0.25, 0.3) is 0 Å². The van der Waals surface area contributed by atoms with E-state index in [2.05, 4.69) is 11.1 Å². The molecule has 0 saturated heterocycles. The summed E-state index contributed by atoms with van der Waals surface area (Å²) in [7, 11) is 0. The van der Waals surface area contributed by atoms with Crippen LogP contribution in [0.25, 0.3) is 16.9 Å². The molecule has 0 amide bonds. The Kier molecular flexibility index (Phi) is 2.81. The molecular weight excluding hydrogens is 270 g/mol. The Hall–Kier alpha value is -3.33. The number of rotatable bonds is 2. The minimum absolute atomic E-state index is 0.169. The normalized spacial score (nSPS) is 10.4. The number of hydrogen-bond acceptors (Lipinski definition) is 4. The van der Waals surface area contributed by atoms with Gasteiger partial charge in [0.15, 0.2) is 0 Å². The lowest BCUT2D eigenvalue weighted by molar-refractivity contribution is 0.0694. The van der Waals surface area contributed by atoms with Crippen molar-refractivity contribution in [2.45, 2.75) is 0 Å². The molecule has 1 aromatic carbocycles. The van der Waals surface area contributed by atoms with Crippen LogP contribution in [0.4, 0.5) is 0 Å². The largest absolute Gasteiger partial charge is 0.507 e. The van der Waals surface area contributed by atoms with Gasteiger partial charge in [0, 0.05) is 18.0 Å². The van der Waals surface area contributed by atoms with Crippen LogP contribution in [-0.4, -0.2) is 25.6 Å². The van der Waals surface area contributed by atoms with Crippen molar-refractivity contribution in [1.82, 2.24) is 9.38 Å². The van der Waals surface area contributed by atoms with Crippen LogP contribution in [0.15, 0.2) is 42.7 Å². The molecule has 0 saturated carbocycles. The Labute approximate surface area is 119 Å². The Bertz CT molecular complexity index is 906. The Balaban J connectivity index is 2.25. The second-order valence-electron chi connectivity index (χ2n) is 4.43. The summed E-state index contributed by atoms with van der Waals surface area (Å²) < 4.78 is 1.76. The van der Waals surface area contributed by atoms with Gasteiger partial charge in [0.05, 0.1) is 17.3 Å². The van der Waals surface area contributed by atoms with Crippen molar-refractivity contribution >= 4 is 11.6 Å². The molecular formula is C15H9N3O3. The van der Waals surface area contributed by atoms with Gasteiger partial charge in [-0.25, -0.2) is 9.78 Å². The van der Waals surface area contributed by atoms with Crippen LogP contribution in [0.5, 0.6) is 5.75 Å². The maximum absolute atomic E-state index is 10.9. The number of benzene rings is 1. The molecule has 2 N–H and O–H groups in total. The van der Waals surface area contributed by atoms with Crippen molar-refractivity contribution in [3.8, 4) is 23.1 Å². The van der Waals surface area contributed by atoms with Crippen molar-refractivity contribution in [2.75, 3.05) is 0 Å². The average Bonchev–Trinajstić information content (AvgIpc) is 2.93. The van der Waals surface area contributed by atoms with Crippen molar-refractivity contribution in [2.24, 2.45) is 0 Å². The number of hydrogen-bond donors (Lipinski definition) is 2. The molecule has 0 unspecified atom stereocenters. The van der Waals surface area contributed by atoms with E-state index in [1.165, 1.54) is 12.1 Å². The minimum Gasteiger partial charge on any atom is -0.507 e.